The molecule has 2 aromatic heterocycles. The molecule has 0 atom stereocenters. The molecular weight excluding hydrogens is 268 g/mol. The number of H-pyrrole nitrogens is 1. The topological polar surface area (TPSA) is 67.6 Å². The highest BCUT2D eigenvalue weighted by Crippen LogP contribution is 2.31. The zero-order chi connectivity index (χ0) is 11.3. The van der Waals surface area contributed by atoms with Crippen LogP contribution in [0.25, 0.3) is 21.9 Å². The number of nitrogen functional groups attached to an aromatic ring is 1. The van der Waals surface area contributed by atoms with E-state index in [1.54, 1.807) is 0 Å². The van der Waals surface area contributed by atoms with E-state index in [9.17, 15) is 0 Å². The lowest BCUT2D eigenvalue weighted by atomic mass is 10.1. The molecule has 3 rings (SSSR count). The maximum atomic E-state index is 5.87. The Kier molecular flexibility index (Phi) is 1.91. The Morgan fingerprint density at radius 1 is 1.31 bits per heavy atom. The van der Waals surface area contributed by atoms with Crippen LogP contribution < -0.4 is 5.73 Å². The van der Waals surface area contributed by atoms with Crippen molar-refractivity contribution in [3.05, 3.63) is 28.5 Å². The van der Waals surface area contributed by atoms with E-state index in [0.717, 1.165) is 26.4 Å². The van der Waals surface area contributed by atoms with E-state index in [0.29, 0.717) is 5.82 Å². The molecular formula is C11H9BrN4. The standard InChI is InChI=1S/C11H9BrN4/c1-5-2-8-6(3-7(5)12)9-10(13)14-4-15-11(9)16-8/h2-4H,1H3,(H3,13,14,15,16). The van der Waals surface area contributed by atoms with Gasteiger partial charge < -0.3 is 10.7 Å². The van der Waals surface area contributed by atoms with Crippen LogP contribution in [0.15, 0.2) is 22.9 Å². The van der Waals surface area contributed by atoms with Crippen molar-refractivity contribution in [2.45, 2.75) is 6.92 Å². The number of aryl methyl sites for hydroxylation is 1. The lowest BCUT2D eigenvalue weighted by molar-refractivity contribution is 1.21. The summed E-state index contributed by atoms with van der Waals surface area (Å²) in [7, 11) is 0. The smallest absolute Gasteiger partial charge is 0.143 e. The van der Waals surface area contributed by atoms with E-state index in [-0.39, 0.29) is 0 Å². The number of rotatable bonds is 0. The van der Waals surface area contributed by atoms with Crippen LogP contribution in [0.1, 0.15) is 5.56 Å². The average molecular weight is 277 g/mol. The number of halogens is 1. The molecule has 0 aliphatic heterocycles. The van der Waals surface area contributed by atoms with Crippen molar-refractivity contribution in [2.24, 2.45) is 0 Å². The van der Waals surface area contributed by atoms with Crippen molar-refractivity contribution in [2.75, 3.05) is 5.73 Å². The van der Waals surface area contributed by atoms with Gasteiger partial charge in [-0.25, -0.2) is 9.97 Å². The number of nitrogens with zero attached hydrogens (tertiary/aromatic N) is 2. The molecule has 0 aliphatic rings. The molecule has 80 valence electrons. The van der Waals surface area contributed by atoms with Gasteiger partial charge in [0.05, 0.1) is 5.39 Å². The minimum atomic E-state index is 0.506. The first-order chi connectivity index (χ1) is 7.66. The highest BCUT2D eigenvalue weighted by Gasteiger charge is 2.10. The summed E-state index contributed by atoms with van der Waals surface area (Å²) >= 11 is 3.52. The van der Waals surface area contributed by atoms with Crippen LogP contribution in [0.5, 0.6) is 0 Å². The number of aromatic amines is 1. The summed E-state index contributed by atoms with van der Waals surface area (Å²) in [4.78, 5) is 11.4. The number of hydrogen-bond donors (Lipinski definition) is 2. The van der Waals surface area contributed by atoms with E-state index < -0.39 is 0 Å². The van der Waals surface area contributed by atoms with Crippen molar-refractivity contribution in [1.82, 2.24) is 15.0 Å². The first kappa shape index (κ1) is 9.59. The Labute approximate surface area is 100 Å². The summed E-state index contributed by atoms with van der Waals surface area (Å²) in [6, 6.07) is 4.11. The van der Waals surface area contributed by atoms with E-state index in [2.05, 4.69) is 36.9 Å². The molecule has 0 amide bonds. The van der Waals surface area contributed by atoms with E-state index in [1.807, 2.05) is 13.0 Å². The number of benzene rings is 1. The molecule has 0 spiro atoms. The minimum Gasteiger partial charge on any atom is -0.383 e. The molecule has 4 nitrogen and oxygen atoms in total. The fourth-order valence-electron chi connectivity index (χ4n) is 1.88. The molecule has 0 bridgehead atoms. The van der Waals surface area contributed by atoms with Gasteiger partial charge in [-0.1, -0.05) is 15.9 Å². The number of anilines is 1. The Balaban J connectivity index is 2.58. The third-order valence-electron chi connectivity index (χ3n) is 2.70. The SMILES string of the molecule is Cc1cc2[nH]c3ncnc(N)c3c2cc1Br. The first-order valence-electron chi connectivity index (χ1n) is 4.85. The Hall–Kier alpha value is -1.62. The summed E-state index contributed by atoms with van der Waals surface area (Å²) in [6.07, 6.45) is 1.47. The van der Waals surface area contributed by atoms with Gasteiger partial charge in [0.15, 0.2) is 0 Å². The molecule has 0 aliphatic carbocycles. The second kappa shape index (κ2) is 3.18. The molecule has 3 N–H and O–H groups in total. The van der Waals surface area contributed by atoms with Gasteiger partial charge in [-0.15, -0.1) is 0 Å². The maximum Gasteiger partial charge on any atom is 0.143 e. The van der Waals surface area contributed by atoms with Crippen molar-refractivity contribution >= 4 is 43.7 Å². The summed E-state index contributed by atoms with van der Waals surface area (Å²) < 4.78 is 1.06. The van der Waals surface area contributed by atoms with Crippen LogP contribution >= 0.6 is 15.9 Å². The first-order valence-corrected chi connectivity index (χ1v) is 5.64. The number of hydrogen-bond acceptors (Lipinski definition) is 3. The van der Waals surface area contributed by atoms with Crippen LogP contribution in [0.4, 0.5) is 5.82 Å². The second-order valence-corrected chi connectivity index (χ2v) is 4.61. The Morgan fingerprint density at radius 2 is 2.12 bits per heavy atom. The van der Waals surface area contributed by atoms with Crippen molar-refractivity contribution in [3.63, 3.8) is 0 Å². The van der Waals surface area contributed by atoms with E-state index in [4.69, 9.17) is 5.73 Å². The van der Waals surface area contributed by atoms with Gasteiger partial charge in [-0.3, -0.25) is 0 Å². The molecule has 0 unspecified atom stereocenters. The predicted octanol–water partition coefficient (Wildman–Crippen LogP) is 2.76. The third kappa shape index (κ3) is 1.21. The largest absolute Gasteiger partial charge is 0.383 e. The fraction of sp³-hybridized carbons (Fsp3) is 0.0909. The number of nitrogens with one attached hydrogen (secondary N) is 1. The van der Waals surface area contributed by atoms with Crippen LogP contribution in [0, 0.1) is 6.92 Å². The number of fused-ring (bicyclic) bond motifs is 3. The van der Waals surface area contributed by atoms with Gasteiger partial charge in [0.1, 0.15) is 17.8 Å². The summed E-state index contributed by atoms with van der Waals surface area (Å²) in [5.74, 6) is 0.506. The van der Waals surface area contributed by atoms with Gasteiger partial charge in [0.25, 0.3) is 0 Å². The van der Waals surface area contributed by atoms with Gasteiger partial charge in [0, 0.05) is 15.4 Å². The third-order valence-corrected chi connectivity index (χ3v) is 3.55. The quantitative estimate of drug-likeness (QED) is 0.664. The maximum absolute atomic E-state index is 5.87. The normalized spacial score (nSPS) is 11.4. The molecule has 0 radical (unpaired) electrons. The molecule has 2 heterocycles. The van der Waals surface area contributed by atoms with Crippen LogP contribution in [-0.2, 0) is 0 Å². The zero-order valence-electron chi connectivity index (χ0n) is 8.58. The highest BCUT2D eigenvalue weighted by molar-refractivity contribution is 9.10. The monoisotopic (exact) mass is 276 g/mol. The van der Waals surface area contributed by atoms with Crippen molar-refractivity contribution in [3.8, 4) is 0 Å². The Bertz CT molecular complexity index is 702. The number of nitrogens with two attached hydrogens (primary N) is 1. The van der Waals surface area contributed by atoms with Crippen molar-refractivity contribution < 1.29 is 0 Å². The summed E-state index contributed by atoms with van der Waals surface area (Å²) in [6.45, 7) is 2.05. The Morgan fingerprint density at radius 3 is 2.94 bits per heavy atom. The van der Waals surface area contributed by atoms with E-state index >= 15 is 0 Å². The number of aromatic nitrogens is 3. The summed E-state index contributed by atoms with van der Waals surface area (Å²) in [5.41, 5.74) is 8.85. The molecule has 0 saturated carbocycles. The van der Waals surface area contributed by atoms with Crippen molar-refractivity contribution in [1.29, 1.82) is 0 Å². The zero-order valence-corrected chi connectivity index (χ0v) is 10.2. The molecule has 0 fully saturated rings. The van der Waals surface area contributed by atoms with E-state index in [1.165, 1.54) is 11.9 Å². The fourth-order valence-corrected chi connectivity index (χ4v) is 2.22. The molecule has 0 saturated heterocycles. The predicted molar refractivity (Wildman–Crippen MR) is 68.2 cm³/mol. The molecule has 16 heavy (non-hydrogen) atoms. The summed E-state index contributed by atoms with van der Waals surface area (Å²) in [5, 5.41) is 1.93. The van der Waals surface area contributed by atoms with Crippen LogP contribution in [-0.4, -0.2) is 15.0 Å². The molecule has 3 aromatic rings. The lowest BCUT2D eigenvalue weighted by Gasteiger charge is -1.98. The second-order valence-electron chi connectivity index (χ2n) is 3.75. The molecule has 1 aromatic carbocycles. The highest BCUT2D eigenvalue weighted by atomic mass is 79.9. The van der Waals surface area contributed by atoms with Gasteiger partial charge in [0.2, 0.25) is 0 Å². The van der Waals surface area contributed by atoms with Gasteiger partial charge in [-0.05, 0) is 24.6 Å². The van der Waals surface area contributed by atoms with Gasteiger partial charge in [-0.2, -0.15) is 0 Å². The average Bonchev–Trinajstić information content (AvgIpc) is 2.58. The lowest BCUT2D eigenvalue weighted by Crippen LogP contribution is -1.91. The van der Waals surface area contributed by atoms with Gasteiger partial charge >= 0.3 is 0 Å². The minimum absolute atomic E-state index is 0.506. The van der Waals surface area contributed by atoms with Crippen LogP contribution in [0.3, 0.4) is 0 Å². The molecule has 5 heteroatoms. The van der Waals surface area contributed by atoms with Crippen LogP contribution in [0.2, 0.25) is 0 Å².